The van der Waals surface area contributed by atoms with Crippen molar-refractivity contribution in [1.82, 2.24) is 10.3 Å². The van der Waals surface area contributed by atoms with Gasteiger partial charge in [0.15, 0.2) is 11.5 Å². The first-order valence-electron chi connectivity index (χ1n) is 6.49. The second-order valence-electron chi connectivity index (χ2n) is 4.36. The fraction of sp³-hybridized carbons (Fsp3) is 0.200. The number of urea groups is 1. The summed E-state index contributed by atoms with van der Waals surface area (Å²) in [7, 11) is 3.13. The third-order valence-electron chi connectivity index (χ3n) is 2.86. The number of pyridine rings is 1. The van der Waals surface area contributed by atoms with Crippen molar-refractivity contribution in [3.63, 3.8) is 0 Å². The number of hydrogen-bond acceptors (Lipinski definition) is 4. The Labute approximate surface area is 133 Å². The number of carbonyl (C=O) groups excluding carboxylic acids is 1. The zero-order valence-corrected chi connectivity index (χ0v) is 13.0. The van der Waals surface area contributed by atoms with Crippen molar-refractivity contribution in [1.29, 1.82) is 0 Å². The molecule has 0 saturated heterocycles. The van der Waals surface area contributed by atoms with E-state index in [4.69, 9.17) is 21.1 Å². The summed E-state index contributed by atoms with van der Waals surface area (Å²) >= 11 is 5.83. The Morgan fingerprint density at radius 3 is 2.64 bits per heavy atom. The van der Waals surface area contributed by atoms with Gasteiger partial charge < -0.3 is 14.8 Å². The quantitative estimate of drug-likeness (QED) is 0.887. The SMILES string of the molecule is COc1ccc(CNC(=O)Nc2cc(Cl)ccn2)cc1OC. The molecular formula is C15H16ClN3O3. The molecule has 7 heteroatoms. The molecule has 2 aromatic rings. The van der Waals surface area contributed by atoms with E-state index in [-0.39, 0.29) is 6.03 Å². The molecule has 0 aliphatic carbocycles. The molecule has 0 bridgehead atoms. The molecular weight excluding hydrogens is 306 g/mol. The predicted molar refractivity (Wildman–Crippen MR) is 84.7 cm³/mol. The molecule has 1 heterocycles. The molecule has 0 aliphatic heterocycles. The third-order valence-corrected chi connectivity index (χ3v) is 3.10. The highest BCUT2D eigenvalue weighted by molar-refractivity contribution is 6.30. The van der Waals surface area contributed by atoms with Crippen LogP contribution in [0.3, 0.4) is 0 Å². The van der Waals surface area contributed by atoms with Crippen LogP contribution in [0, 0.1) is 0 Å². The van der Waals surface area contributed by atoms with E-state index >= 15 is 0 Å². The Morgan fingerprint density at radius 1 is 1.18 bits per heavy atom. The molecule has 22 heavy (non-hydrogen) atoms. The van der Waals surface area contributed by atoms with Gasteiger partial charge in [0.05, 0.1) is 14.2 Å². The summed E-state index contributed by atoms with van der Waals surface area (Å²) in [5.41, 5.74) is 0.881. The van der Waals surface area contributed by atoms with Gasteiger partial charge in [0.2, 0.25) is 0 Å². The van der Waals surface area contributed by atoms with Crippen LogP contribution in [0.2, 0.25) is 5.02 Å². The van der Waals surface area contributed by atoms with Crippen molar-refractivity contribution < 1.29 is 14.3 Å². The van der Waals surface area contributed by atoms with Gasteiger partial charge in [-0.2, -0.15) is 0 Å². The summed E-state index contributed by atoms with van der Waals surface area (Å²) in [5.74, 6) is 1.63. The molecule has 1 aromatic carbocycles. The summed E-state index contributed by atoms with van der Waals surface area (Å²) in [6.45, 7) is 0.340. The van der Waals surface area contributed by atoms with E-state index in [9.17, 15) is 4.79 Å². The number of anilines is 1. The van der Waals surface area contributed by atoms with Crippen LogP contribution in [-0.4, -0.2) is 25.2 Å². The number of methoxy groups -OCH3 is 2. The molecule has 2 amide bonds. The topological polar surface area (TPSA) is 72.5 Å². The lowest BCUT2D eigenvalue weighted by atomic mass is 10.2. The molecule has 0 radical (unpaired) electrons. The second-order valence-corrected chi connectivity index (χ2v) is 4.79. The Hall–Kier alpha value is -2.47. The van der Waals surface area contributed by atoms with Crippen LogP contribution in [0.5, 0.6) is 11.5 Å². The molecule has 116 valence electrons. The second kappa shape index (κ2) is 7.51. The van der Waals surface area contributed by atoms with Gasteiger partial charge in [-0.1, -0.05) is 17.7 Å². The van der Waals surface area contributed by atoms with Crippen molar-refractivity contribution in [2.45, 2.75) is 6.54 Å². The number of benzene rings is 1. The van der Waals surface area contributed by atoms with Gasteiger partial charge in [0.25, 0.3) is 0 Å². The number of nitrogens with one attached hydrogen (secondary N) is 2. The van der Waals surface area contributed by atoms with Crippen LogP contribution in [0.1, 0.15) is 5.56 Å². The lowest BCUT2D eigenvalue weighted by molar-refractivity contribution is 0.251. The van der Waals surface area contributed by atoms with E-state index in [1.54, 1.807) is 38.5 Å². The number of halogens is 1. The zero-order chi connectivity index (χ0) is 15.9. The number of nitrogens with zero attached hydrogens (tertiary/aromatic N) is 1. The maximum atomic E-state index is 11.8. The Balaban J connectivity index is 1.93. The van der Waals surface area contributed by atoms with E-state index < -0.39 is 0 Å². The zero-order valence-electron chi connectivity index (χ0n) is 12.2. The normalized spacial score (nSPS) is 9.95. The lowest BCUT2D eigenvalue weighted by Gasteiger charge is -2.11. The Kier molecular flexibility index (Phi) is 5.43. The van der Waals surface area contributed by atoms with Crippen molar-refractivity contribution in [2.24, 2.45) is 0 Å². The van der Waals surface area contributed by atoms with Crippen molar-refractivity contribution in [3.8, 4) is 11.5 Å². The molecule has 0 spiro atoms. The number of hydrogen-bond donors (Lipinski definition) is 2. The fourth-order valence-corrected chi connectivity index (χ4v) is 1.97. The first kappa shape index (κ1) is 15.9. The lowest BCUT2D eigenvalue weighted by Crippen LogP contribution is -2.28. The molecule has 0 unspecified atom stereocenters. The molecule has 0 fully saturated rings. The first-order valence-corrected chi connectivity index (χ1v) is 6.87. The van der Waals surface area contributed by atoms with Gasteiger partial charge in [0.1, 0.15) is 5.82 Å². The van der Waals surface area contributed by atoms with Gasteiger partial charge in [0, 0.05) is 17.8 Å². The predicted octanol–water partition coefficient (Wildman–Crippen LogP) is 3.07. The van der Waals surface area contributed by atoms with Crippen molar-refractivity contribution in [2.75, 3.05) is 19.5 Å². The van der Waals surface area contributed by atoms with E-state index in [0.29, 0.717) is 28.9 Å². The highest BCUT2D eigenvalue weighted by Crippen LogP contribution is 2.27. The van der Waals surface area contributed by atoms with Crippen LogP contribution >= 0.6 is 11.6 Å². The molecule has 2 rings (SSSR count). The molecule has 0 aliphatic rings. The van der Waals surface area contributed by atoms with Crippen LogP contribution in [0.4, 0.5) is 10.6 Å². The maximum absolute atomic E-state index is 11.8. The smallest absolute Gasteiger partial charge is 0.320 e. The van der Waals surface area contributed by atoms with E-state index in [2.05, 4.69) is 15.6 Å². The number of rotatable bonds is 5. The minimum Gasteiger partial charge on any atom is -0.493 e. The van der Waals surface area contributed by atoms with Crippen molar-refractivity contribution in [3.05, 3.63) is 47.1 Å². The largest absolute Gasteiger partial charge is 0.493 e. The molecule has 0 saturated carbocycles. The third kappa shape index (κ3) is 4.26. The minimum atomic E-state index is -0.371. The Bertz CT molecular complexity index is 664. The summed E-state index contributed by atoms with van der Waals surface area (Å²) < 4.78 is 10.4. The molecule has 0 atom stereocenters. The molecule has 2 N–H and O–H groups in total. The first-order chi connectivity index (χ1) is 10.6. The van der Waals surface area contributed by atoms with Crippen LogP contribution in [0.25, 0.3) is 0 Å². The fourth-order valence-electron chi connectivity index (χ4n) is 1.81. The van der Waals surface area contributed by atoms with Gasteiger partial charge in [-0.15, -0.1) is 0 Å². The van der Waals surface area contributed by atoms with Gasteiger partial charge >= 0.3 is 6.03 Å². The van der Waals surface area contributed by atoms with Crippen LogP contribution in [0.15, 0.2) is 36.5 Å². The van der Waals surface area contributed by atoms with Gasteiger partial charge in [-0.05, 0) is 29.8 Å². The average molecular weight is 322 g/mol. The number of aromatic nitrogens is 1. The van der Waals surface area contributed by atoms with Gasteiger partial charge in [-0.3, -0.25) is 5.32 Å². The monoisotopic (exact) mass is 321 g/mol. The highest BCUT2D eigenvalue weighted by atomic mass is 35.5. The summed E-state index contributed by atoms with van der Waals surface area (Å²) in [6, 6.07) is 8.26. The standard InChI is InChI=1S/C15H16ClN3O3/c1-21-12-4-3-10(7-13(12)22-2)9-18-15(20)19-14-8-11(16)5-6-17-14/h3-8H,9H2,1-2H3,(H2,17,18,19,20). The highest BCUT2D eigenvalue weighted by Gasteiger charge is 2.07. The van der Waals surface area contributed by atoms with E-state index in [0.717, 1.165) is 5.56 Å². The van der Waals surface area contributed by atoms with Crippen LogP contribution in [-0.2, 0) is 6.54 Å². The number of ether oxygens (including phenoxy) is 2. The molecule has 1 aromatic heterocycles. The summed E-state index contributed by atoms with van der Waals surface area (Å²) in [6.07, 6.45) is 1.52. The average Bonchev–Trinajstić information content (AvgIpc) is 2.52. The minimum absolute atomic E-state index is 0.340. The summed E-state index contributed by atoms with van der Waals surface area (Å²) in [4.78, 5) is 15.8. The molecule has 6 nitrogen and oxygen atoms in total. The van der Waals surface area contributed by atoms with Crippen molar-refractivity contribution >= 4 is 23.4 Å². The maximum Gasteiger partial charge on any atom is 0.320 e. The summed E-state index contributed by atoms with van der Waals surface area (Å²) in [5, 5.41) is 5.83. The van der Waals surface area contributed by atoms with Gasteiger partial charge in [-0.25, -0.2) is 9.78 Å². The van der Waals surface area contributed by atoms with E-state index in [1.165, 1.54) is 6.20 Å². The Morgan fingerprint density at radius 2 is 1.95 bits per heavy atom. The number of carbonyl (C=O) groups is 1. The number of amides is 2. The van der Waals surface area contributed by atoms with E-state index in [1.807, 2.05) is 6.07 Å². The van der Waals surface area contributed by atoms with Crippen LogP contribution < -0.4 is 20.1 Å².